The second-order valence-electron chi connectivity index (χ2n) is 6.57. The molecule has 3 nitrogen and oxygen atoms in total. The number of hydrogen-bond donors (Lipinski definition) is 1. The van der Waals surface area contributed by atoms with Gasteiger partial charge in [0, 0.05) is 18.6 Å². The molecule has 2 fully saturated rings. The normalized spacial score (nSPS) is 30.7. The van der Waals surface area contributed by atoms with Crippen molar-refractivity contribution in [3.8, 4) is 0 Å². The van der Waals surface area contributed by atoms with Crippen molar-refractivity contribution in [1.29, 1.82) is 0 Å². The van der Waals surface area contributed by atoms with Crippen LogP contribution < -0.4 is 5.32 Å². The van der Waals surface area contributed by atoms with Gasteiger partial charge in [0.2, 0.25) is 0 Å². The van der Waals surface area contributed by atoms with Crippen LogP contribution in [0.3, 0.4) is 0 Å². The van der Waals surface area contributed by atoms with Gasteiger partial charge in [0.15, 0.2) is 0 Å². The van der Waals surface area contributed by atoms with Crippen LogP contribution in [0.25, 0.3) is 0 Å². The van der Waals surface area contributed by atoms with E-state index in [0.717, 1.165) is 13.0 Å². The van der Waals surface area contributed by atoms with Crippen LogP contribution in [0.5, 0.6) is 0 Å². The van der Waals surface area contributed by atoms with E-state index in [9.17, 15) is 0 Å². The Hall–Kier alpha value is -0.580. The molecular weight excluding hydrogens is 280 g/mol. The van der Waals surface area contributed by atoms with Gasteiger partial charge in [-0.25, -0.2) is 0 Å². The van der Waals surface area contributed by atoms with E-state index in [2.05, 4.69) is 32.3 Å². The number of rotatable bonds is 3. The molecule has 116 valence electrons. The van der Waals surface area contributed by atoms with Crippen LogP contribution in [0, 0.1) is 19.8 Å². The highest BCUT2D eigenvalue weighted by atomic mass is 32.2. The van der Waals surface area contributed by atoms with Crippen molar-refractivity contribution in [1.82, 2.24) is 10.3 Å². The first-order valence-corrected chi connectivity index (χ1v) is 9.11. The molecule has 1 aromatic rings. The summed E-state index contributed by atoms with van der Waals surface area (Å²) in [5.74, 6) is 3.04. The van der Waals surface area contributed by atoms with Crippen molar-refractivity contribution < 1.29 is 4.74 Å². The molecule has 0 radical (unpaired) electrons. The molecule has 1 aromatic heterocycles. The van der Waals surface area contributed by atoms with E-state index in [1.807, 2.05) is 18.0 Å². The summed E-state index contributed by atoms with van der Waals surface area (Å²) in [6.45, 7) is 5.19. The van der Waals surface area contributed by atoms with Crippen molar-refractivity contribution in [2.24, 2.45) is 5.92 Å². The fourth-order valence-corrected chi connectivity index (χ4v) is 5.24. The summed E-state index contributed by atoms with van der Waals surface area (Å²) < 4.78 is 6.17. The average Bonchev–Trinajstić information content (AvgIpc) is 2.90. The number of nitrogens with zero attached hydrogens (tertiary/aromatic N) is 1. The first-order valence-electron chi connectivity index (χ1n) is 7.96. The zero-order valence-corrected chi connectivity index (χ0v) is 14.1. The molecule has 3 unspecified atom stereocenters. The number of thioether (sulfide) groups is 1. The molecule has 2 aliphatic rings. The van der Waals surface area contributed by atoms with Crippen molar-refractivity contribution in [3.05, 3.63) is 29.1 Å². The summed E-state index contributed by atoms with van der Waals surface area (Å²) in [4.78, 5) is 4.73. The van der Waals surface area contributed by atoms with Crippen LogP contribution in [0.1, 0.15) is 42.1 Å². The van der Waals surface area contributed by atoms with Crippen molar-refractivity contribution in [2.75, 3.05) is 25.2 Å². The van der Waals surface area contributed by atoms with Gasteiger partial charge in [0.25, 0.3) is 0 Å². The van der Waals surface area contributed by atoms with E-state index in [4.69, 9.17) is 9.72 Å². The summed E-state index contributed by atoms with van der Waals surface area (Å²) >= 11 is 2.04. The predicted octanol–water partition coefficient (Wildman–Crippen LogP) is 3.26. The molecule has 0 saturated carbocycles. The Bertz CT molecular complexity index is 500. The van der Waals surface area contributed by atoms with Crippen molar-refractivity contribution >= 4 is 11.8 Å². The first kappa shape index (κ1) is 15.3. The quantitative estimate of drug-likeness (QED) is 0.929. The van der Waals surface area contributed by atoms with Gasteiger partial charge in [-0.2, -0.15) is 11.8 Å². The maximum atomic E-state index is 6.17. The summed E-state index contributed by atoms with van der Waals surface area (Å²) in [7, 11) is 2.07. The van der Waals surface area contributed by atoms with E-state index in [-0.39, 0.29) is 5.60 Å². The van der Waals surface area contributed by atoms with Crippen LogP contribution in [0.15, 0.2) is 12.3 Å². The number of pyridine rings is 1. The van der Waals surface area contributed by atoms with Crippen molar-refractivity contribution in [3.63, 3.8) is 0 Å². The summed E-state index contributed by atoms with van der Waals surface area (Å²) in [6.07, 6.45) is 5.51. The van der Waals surface area contributed by atoms with Crippen LogP contribution in [-0.4, -0.2) is 35.7 Å². The van der Waals surface area contributed by atoms with Crippen LogP contribution in [0.2, 0.25) is 0 Å². The van der Waals surface area contributed by atoms with Gasteiger partial charge >= 0.3 is 0 Å². The smallest absolute Gasteiger partial charge is 0.0783 e. The minimum Gasteiger partial charge on any atom is -0.374 e. The summed E-state index contributed by atoms with van der Waals surface area (Å²) in [6, 6.07) is 2.59. The third-order valence-electron chi connectivity index (χ3n) is 4.93. The summed E-state index contributed by atoms with van der Waals surface area (Å²) in [5.41, 5.74) is 3.90. The standard InChI is InChI=1S/C17H26N2OS/c1-12-8-13(2)15(19-10-12)16(18-3)14-4-6-20-17(9-14)5-7-21-11-17/h8,10,14,16,18H,4-7,9,11H2,1-3H3. The lowest BCUT2D eigenvalue weighted by atomic mass is 9.79. The monoisotopic (exact) mass is 306 g/mol. The van der Waals surface area contributed by atoms with E-state index in [0.29, 0.717) is 12.0 Å². The molecule has 21 heavy (non-hydrogen) atoms. The van der Waals surface area contributed by atoms with Gasteiger partial charge in [0.1, 0.15) is 0 Å². The molecule has 3 rings (SSSR count). The zero-order valence-electron chi connectivity index (χ0n) is 13.3. The second kappa shape index (κ2) is 6.27. The molecule has 0 bridgehead atoms. The van der Waals surface area contributed by atoms with Gasteiger partial charge < -0.3 is 10.1 Å². The minimum absolute atomic E-state index is 0.140. The molecule has 2 aliphatic heterocycles. The van der Waals surface area contributed by atoms with Gasteiger partial charge in [0.05, 0.1) is 17.3 Å². The molecular formula is C17H26N2OS. The number of hydrogen-bond acceptors (Lipinski definition) is 4. The first-order chi connectivity index (χ1) is 10.1. The lowest BCUT2D eigenvalue weighted by Gasteiger charge is -2.41. The van der Waals surface area contributed by atoms with E-state index in [1.165, 1.54) is 41.2 Å². The number of nitrogens with one attached hydrogen (secondary N) is 1. The molecule has 2 saturated heterocycles. The predicted molar refractivity (Wildman–Crippen MR) is 88.9 cm³/mol. The van der Waals surface area contributed by atoms with Gasteiger partial charge in [-0.05, 0) is 63.0 Å². The average molecular weight is 306 g/mol. The lowest BCUT2D eigenvalue weighted by Crippen LogP contribution is -2.43. The second-order valence-corrected chi connectivity index (χ2v) is 7.67. The third-order valence-corrected chi connectivity index (χ3v) is 6.15. The maximum absolute atomic E-state index is 6.17. The molecule has 4 heteroatoms. The minimum atomic E-state index is 0.140. The van der Waals surface area contributed by atoms with E-state index in [1.54, 1.807) is 0 Å². The summed E-state index contributed by atoms with van der Waals surface area (Å²) in [5, 5.41) is 3.53. The highest BCUT2D eigenvalue weighted by molar-refractivity contribution is 7.99. The molecule has 3 heterocycles. The zero-order chi connectivity index (χ0) is 14.9. The molecule has 1 spiro atoms. The number of aromatic nitrogens is 1. The fraction of sp³-hybridized carbons (Fsp3) is 0.706. The fourth-order valence-electron chi connectivity index (χ4n) is 3.86. The van der Waals surface area contributed by atoms with Gasteiger partial charge in [-0.15, -0.1) is 0 Å². The Balaban J connectivity index is 1.82. The molecule has 0 aliphatic carbocycles. The maximum Gasteiger partial charge on any atom is 0.0783 e. The Morgan fingerprint density at radius 3 is 3.00 bits per heavy atom. The van der Waals surface area contributed by atoms with Crippen molar-refractivity contribution in [2.45, 2.75) is 44.8 Å². The molecule has 3 atom stereocenters. The van der Waals surface area contributed by atoms with Gasteiger partial charge in [-0.3, -0.25) is 4.98 Å². The van der Waals surface area contributed by atoms with E-state index < -0.39 is 0 Å². The molecule has 0 aromatic carbocycles. The Labute approximate surface area is 132 Å². The highest BCUT2D eigenvalue weighted by Gasteiger charge is 2.42. The van der Waals surface area contributed by atoms with Crippen LogP contribution in [0.4, 0.5) is 0 Å². The Morgan fingerprint density at radius 1 is 1.48 bits per heavy atom. The SMILES string of the molecule is CNC(c1ncc(C)cc1C)C1CCOC2(CCSC2)C1. The van der Waals surface area contributed by atoms with E-state index >= 15 is 0 Å². The lowest BCUT2D eigenvalue weighted by molar-refractivity contribution is -0.0853. The largest absolute Gasteiger partial charge is 0.374 e. The highest BCUT2D eigenvalue weighted by Crippen LogP contribution is 2.44. The topological polar surface area (TPSA) is 34.2 Å². The number of ether oxygens (including phenoxy) is 1. The third kappa shape index (κ3) is 3.13. The molecule has 0 amide bonds. The Morgan fingerprint density at radius 2 is 2.33 bits per heavy atom. The van der Waals surface area contributed by atoms with Crippen LogP contribution >= 0.6 is 11.8 Å². The molecule has 1 N–H and O–H groups in total. The van der Waals surface area contributed by atoms with Gasteiger partial charge in [-0.1, -0.05) is 6.07 Å². The number of aryl methyl sites for hydroxylation is 2. The van der Waals surface area contributed by atoms with Crippen LogP contribution in [-0.2, 0) is 4.74 Å². The Kier molecular flexibility index (Phi) is 4.57.